The monoisotopic (exact) mass is 570 g/mol. The number of ether oxygens (including phenoxy) is 7. The summed E-state index contributed by atoms with van der Waals surface area (Å²) in [5, 5.41) is 0. The number of hydrogen-bond acceptors (Lipinski definition) is 11. The summed E-state index contributed by atoms with van der Waals surface area (Å²) in [6, 6.07) is 13.4. The van der Waals surface area contributed by atoms with Crippen LogP contribution in [-0.4, -0.2) is 61.7 Å². The predicted octanol–water partition coefficient (Wildman–Crippen LogP) is 3.50. The van der Waals surface area contributed by atoms with E-state index in [0.29, 0.717) is 16.9 Å². The lowest BCUT2D eigenvalue weighted by Gasteiger charge is -2.44. The molecule has 11 heteroatoms. The van der Waals surface area contributed by atoms with Gasteiger partial charge in [0.25, 0.3) is 0 Å². The maximum atomic E-state index is 12.2. The van der Waals surface area contributed by atoms with Gasteiger partial charge in [-0.1, -0.05) is 37.3 Å². The van der Waals surface area contributed by atoms with E-state index in [0.717, 1.165) is 12.0 Å². The number of carbonyl (C=O) groups excluding carboxylic acids is 4. The molecule has 220 valence electrons. The van der Waals surface area contributed by atoms with Gasteiger partial charge in [0.05, 0.1) is 0 Å². The number of esters is 4. The van der Waals surface area contributed by atoms with Gasteiger partial charge in [-0.25, -0.2) is 0 Å². The van der Waals surface area contributed by atoms with Gasteiger partial charge >= 0.3 is 23.9 Å². The van der Waals surface area contributed by atoms with Crippen LogP contribution in [0, 0.1) is 0 Å². The molecule has 2 heterocycles. The summed E-state index contributed by atoms with van der Waals surface area (Å²) in [5.74, 6) is -2.03. The molecule has 0 aromatic heterocycles. The van der Waals surface area contributed by atoms with Gasteiger partial charge in [0.2, 0.25) is 0 Å². The van der Waals surface area contributed by atoms with Crippen LogP contribution in [0.3, 0.4) is 0 Å². The summed E-state index contributed by atoms with van der Waals surface area (Å²) in [4.78, 5) is 48.1. The molecule has 0 aliphatic carbocycles. The molecule has 2 aromatic rings. The molecule has 0 radical (unpaired) electrons. The highest BCUT2D eigenvalue weighted by molar-refractivity contribution is 5.69. The van der Waals surface area contributed by atoms with Crippen molar-refractivity contribution >= 4 is 23.9 Å². The normalized spacial score (nSPS) is 25.2. The zero-order valence-corrected chi connectivity index (χ0v) is 23.6. The zero-order chi connectivity index (χ0) is 29.7. The second-order valence-corrected chi connectivity index (χ2v) is 9.82. The maximum absolute atomic E-state index is 12.2. The molecule has 41 heavy (non-hydrogen) atoms. The van der Waals surface area contributed by atoms with Gasteiger partial charge in [-0.15, -0.1) is 0 Å². The second-order valence-electron chi connectivity index (χ2n) is 9.82. The van der Waals surface area contributed by atoms with E-state index >= 15 is 0 Å². The predicted molar refractivity (Wildman–Crippen MR) is 142 cm³/mol. The second kappa shape index (κ2) is 13.1. The summed E-state index contributed by atoms with van der Waals surface area (Å²) < 4.78 is 39.9. The molecule has 6 atom stereocenters. The zero-order valence-electron chi connectivity index (χ0n) is 23.6. The number of hydrogen-bond donors (Lipinski definition) is 0. The Morgan fingerprint density at radius 2 is 1.39 bits per heavy atom. The molecule has 5 unspecified atom stereocenters. The topological polar surface area (TPSA) is 133 Å². The van der Waals surface area contributed by atoms with E-state index in [-0.39, 0.29) is 13.4 Å². The average molecular weight is 571 g/mol. The number of rotatable bonds is 8. The van der Waals surface area contributed by atoms with Crippen LogP contribution in [0.15, 0.2) is 42.5 Å². The van der Waals surface area contributed by atoms with E-state index in [9.17, 15) is 19.2 Å². The Bertz CT molecular complexity index is 1270. The first-order valence-corrected chi connectivity index (χ1v) is 13.3. The molecular weight excluding hydrogens is 536 g/mol. The molecule has 2 aliphatic rings. The largest absolute Gasteiger partial charge is 0.467 e. The van der Waals surface area contributed by atoms with Gasteiger partial charge in [-0.2, -0.15) is 0 Å². The fraction of sp³-hybridized carbons (Fsp3) is 0.467. The SMILES string of the molecule is CCc1ccc([C@H]2OCOc3ccc(C4OC(COC(C)=O)C(OC(C)=O)C(OC(C)=O)C4OC(C)=O)cc32)cc1. The van der Waals surface area contributed by atoms with Crippen LogP contribution in [0.4, 0.5) is 0 Å². The van der Waals surface area contributed by atoms with Crippen LogP contribution in [-0.2, 0) is 54.0 Å². The van der Waals surface area contributed by atoms with Crippen LogP contribution in [0.1, 0.15) is 69.1 Å². The highest BCUT2D eigenvalue weighted by Gasteiger charge is 2.52. The van der Waals surface area contributed by atoms with E-state index < -0.39 is 60.5 Å². The summed E-state index contributed by atoms with van der Waals surface area (Å²) >= 11 is 0. The average Bonchev–Trinajstić information content (AvgIpc) is 2.93. The highest BCUT2D eigenvalue weighted by Crippen LogP contribution is 2.42. The van der Waals surface area contributed by atoms with Crippen molar-refractivity contribution < 1.29 is 52.3 Å². The standard InChI is InChI=1S/C30H34O11/c1-6-20-7-9-21(10-8-20)26-23-13-22(11-12-24(23)36-15-37-26)27-29(39-18(4)33)30(40-19(5)34)28(38-17(3)32)25(41-27)14-35-16(2)31/h7-13,25-30H,6,14-15H2,1-5H3/t25?,26-,27?,28?,29?,30?/m1/s1. The summed E-state index contributed by atoms with van der Waals surface area (Å²) in [6.45, 7) is 6.63. The van der Waals surface area contributed by atoms with Gasteiger partial charge in [-0.05, 0) is 35.2 Å². The summed E-state index contributed by atoms with van der Waals surface area (Å²) in [5.41, 5.74) is 3.37. The molecule has 0 N–H and O–H groups in total. The number of carbonyl (C=O) groups is 4. The Morgan fingerprint density at radius 3 is 2.00 bits per heavy atom. The van der Waals surface area contributed by atoms with Crippen molar-refractivity contribution in [3.05, 3.63) is 64.7 Å². The molecule has 1 saturated heterocycles. The Kier molecular flexibility index (Phi) is 9.61. The fourth-order valence-corrected chi connectivity index (χ4v) is 5.04. The molecule has 0 amide bonds. The van der Waals surface area contributed by atoms with Crippen molar-refractivity contribution in [3.8, 4) is 5.75 Å². The van der Waals surface area contributed by atoms with Gasteiger partial charge in [-0.3, -0.25) is 19.2 Å². The van der Waals surface area contributed by atoms with Crippen LogP contribution >= 0.6 is 0 Å². The molecule has 0 bridgehead atoms. The smallest absolute Gasteiger partial charge is 0.303 e. The first kappa shape index (κ1) is 30.0. The third-order valence-electron chi connectivity index (χ3n) is 6.78. The molecule has 2 aromatic carbocycles. The van der Waals surface area contributed by atoms with Crippen LogP contribution in [0.2, 0.25) is 0 Å². The molecule has 0 saturated carbocycles. The lowest BCUT2D eigenvalue weighted by Crippen LogP contribution is -2.59. The van der Waals surface area contributed by atoms with Crippen molar-refractivity contribution in [2.75, 3.05) is 13.4 Å². The van der Waals surface area contributed by atoms with Crippen molar-refractivity contribution in [2.45, 2.75) is 77.7 Å². The third kappa shape index (κ3) is 7.22. The third-order valence-corrected chi connectivity index (χ3v) is 6.78. The van der Waals surface area contributed by atoms with Crippen molar-refractivity contribution in [1.82, 2.24) is 0 Å². The Balaban J connectivity index is 1.78. The Hall–Kier alpha value is -3.96. The minimum absolute atomic E-state index is 0.0611. The lowest BCUT2D eigenvalue weighted by atomic mass is 9.88. The summed E-state index contributed by atoms with van der Waals surface area (Å²) in [7, 11) is 0. The van der Waals surface area contributed by atoms with E-state index in [4.69, 9.17) is 33.2 Å². The van der Waals surface area contributed by atoms with Crippen molar-refractivity contribution in [1.29, 1.82) is 0 Å². The van der Waals surface area contributed by atoms with E-state index in [1.165, 1.54) is 33.3 Å². The fourth-order valence-electron chi connectivity index (χ4n) is 5.04. The van der Waals surface area contributed by atoms with E-state index in [1.807, 2.05) is 30.3 Å². The van der Waals surface area contributed by atoms with Gasteiger partial charge in [0, 0.05) is 33.3 Å². The quantitative estimate of drug-likeness (QED) is 0.341. The van der Waals surface area contributed by atoms with E-state index in [2.05, 4.69) is 6.92 Å². The highest BCUT2D eigenvalue weighted by atomic mass is 16.7. The summed E-state index contributed by atoms with van der Waals surface area (Å²) in [6.07, 6.45) is -5.31. The van der Waals surface area contributed by atoms with Crippen molar-refractivity contribution in [2.24, 2.45) is 0 Å². The minimum Gasteiger partial charge on any atom is -0.467 e. The minimum atomic E-state index is -1.26. The maximum Gasteiger partial charge on any atom is 0.303 e. The van der Waals surface area contributed by atoms with Crippen LogP contribution in [0.25, 0.3) is 0 Å². The molecular formula is C30H34O11. The van der Waals surface area contributed by atoms with Crippen molar-refractivity contribution in [3.63, 3.8) is 0 Å². The molecule has 1 fully saturated rings. The van der Waals surface area contributed by atoms with E-state index in [1.54, 1.807) is 12.1 Å². The van der Waals surface area contributed by atoms with Gasteiger partial charge in [0.1, 0.15) is 30.7 Å². The van der Waals surface area contributed by atoms with Gasteiger partial charge in [0.15, 0.2) is 25.1 Å². The molecule has 4 rings (SSSR count). The number of fused-ring (bicyclic) bond motifs is 1. The number of benzene rings is 2. The van der Waals surface area contributed by atoms with Crippen LogP contribution < -0.4 is 4.74 Å². The first-order chi connectivity index (χ1) is 19.6. The Labute approximate surface area is 237 Å². The molecule has 0 spiro atoms. The Morgan fingerprint density at radius 1 is 0.780 bits per heavy atom. The van der Waals surface area contributed by atoms with Crippen LogP contribution in [0.5, 0.6) is 5.75 Å². The molecule has 2 aliphatic heterocycles. The molecule has 11 nitrogen and oxygen atoms in total. The van der Waals surface area contributed by atoms with Gasteiger partial charge < -0.3 is 33.2 Å². The first-order valence-electron chi connectivity index (χ1n) is 13.3. The number of aryl methyl sites for hydroxylation is 1. The lowest BCUT2D eigenvalue weighted by molar-refractivity contribution is -0.254.